The van der Waals surface area contributed by atoms with Crippen molar-refractivity contribution >= 4 is 39.0 Å². The fraction of sp³-hybridized carbons (Fsp3) is 0.105. The van der Waals surface area contributed by atoms with Crippen molar-refractivity contribution in [1.29, 1.82) is 0 Å². The third kappa shape index (κ3) is 4.82. The summed E-state index contributed by atoms with van der Waals surface area (Å²) < 4.78 is 29.5. The summed E-state index contributed by atoms with van der Waals surface area (Å²) in [6, 6.07) is 12.9. The number of carbonyl (C=O) groups excluding carboxylic acids is 1. The number of aromatic nitrogens is 2. The molecule has 1 aromatic heterocycles. The van der Waals surface area contributed by atoms with Crippen LogP contribution < -0.4 is 21.3 Å². The van der Waals surface area contributed by atoms with Crippen molar-refractivity contribution in [2.45, 2.75) is 11.8 Å². The van der Waals surface area contributed by atoms with Crippen LogP contribution in [0.5, 0.6) is 0 Å². The quantitative estimate of drug-likeness (QED) is 0.328. The molecule has 5 N–H and O–H groups in total. The van der Waals surface area contributed by atoms with Gasteiger partial charge in [0.05, 0.1) is 17.6 Å². The second-order valence-electron chi connectivity index (χ2n) is 6.22. The highest BCUT2D eigenvalue weighted by atomic mass is 32.2. The van der Waals surface area contributed by atoms with Gasteiger partial charge in [0.25, 0.3) is 10.0 Å². The molecule has 0 amide bonds. The number of esters is 1. The maximum atomic E-state index is 12.4. The van der Waals surface area contributed by atoms with Crippen LogP contribution in [0.4, 0.5) is 23.0 Å². The lowest BCUT2D eigenvalue weighted by Crippen LogP contribution is -2.30. The zero-order valence-electron chi connectivity index (χ0n) is 16.2. The molecule has 11 heteroatoms. The summed E-state index contributed by atoms with van der Waals surface area (Å²) in [5, 5.41) is 2.99. The second kappa shape index (κ2) is 8.76. The van der Waals surface area contributed by atoms with Gasteiger partial charge in [0.2, 0.25) is 0 Å². The highest BCUT2D eigenvalue weighted by Gasteiger charge is 2.15. The molecule has 0 saturated heterocycles. The van der Waals surface area contributed by atoms with Crippen LogP contribution in [0.2, 0.25) is 0 Å². The number of nitrogen functional groups attached to an aromatic ring is 1. The molecule has 3 rings (SSSR count). The molecule has 156 valence electrons. The largest absolute Gasteiger partial charge is 0.465 e. The van der Waals surface area contributed by atoms with Crippen LogP contribution in [0.1, 0.15) is 15.9 Å². The number of carbonyl (C=O) groups is 1. The average Bonchev–Trinajstić information content (AvgIpc) is 2.74. The van der Waals surface area contributed by atoms with Crippen molar-refractivity contribution in [1.82, 2.24) is 14.8 Å². The molecule has 1 heterocycles. The van der Waals surface area contributed by atoms with Crippen LogP contribution in [-0.4, -0.2) is 31.5 Å². The van der Waals surface area contributed by atoms with Gasteiger partial charge in [-0.05, 0) is 43.3 Å². The first-order valence-electron chi connectivity index (χ1n) is 8.70. The van der Waals surface area contributed by atoms with Gasteiger partial charge in [0, 0.05) is 5.69 Å². The monoisotopic (exact) mass is 428 g/mol. The Labute approximate surface area is 173 Å². The van der Waals surface area contributed by atoms with Crippen LogP contribution in [0.15, 0.2) is 59.8 Å². The summed E-state index contributed by atoms with van der Waals surface area (Å²) in [7, 11) is -2.52. The number of anilines is 4. The average molecular weight is 428 g/mol. The van der Waals surface area contributed by atoms with Crippen LogP contribution in [0.25, 0.3) is 0 Å². The van der Waals surface area contributed by atoms with E-state index in [1.807, 2.05) is 6.92 Å². The van der Waals surface area contributed by atoms with Crippen molar-refractivity contribution in [2.75, 3.05) is 23.6 Å². The topological polar surface area (TPSA) is 148 Å². The molecule has 0 bridgehead atoms. The molecule has 30 heavy (non-hydrogen) atoms. The minimum absolute atomic E-state index is 0.0781. The molecule has 0 aliphatic rings. The van der Waals surface area contributed by atoms with Crippen molar-refractivity contribution in [3.05, 3.63) is 66.0 Å². The van der Waals surface area contributed by atoms with Crippen LogP contribution >= 0.6 is 0 Å². The molecule has 0 aliphatic heterocycles. The number of nitrogens with two attached hydrogens (primary N) is 1. The third-order valence-electron chi connectivity index (χ3n) is 4.09. The van der Waals surface area contributed by atoms with E-state index in [9.17, 15) is 13.2 Å². The molecule has 10 nitrogen and oxygen atoms in total. The van der Waals surface area contributed by atoms with Gasteiger partial charge in [-0.25, -0.2) is 23.2 Å². The van der Waals surface area contributed by atoms with Crippen LogP contribution in [-0.2, 0) is 14.8 Å². The molecular formula is C19H20N6O4S. The highest BCUT2D eigenvalue weighted by Crippen LogP contribution is 2.25. The standard InChI is InChI=1S/C19H20N6O4S/c1-12-3-9-15(10-4-12)30(27,28)25-24-18-16(20)17(21-11-22-18)23-14-7-5-13(6-8-14)19(26)29-2/h3-11,25H,20H2,1-2H3,(H2,21,22,23,24). The predicted molar refractivity (Wildman–Crippen MR) is 113 cm³/mol. The van der Waals surface area contributed by atoms with Gasteiger partial charge in [-0.3, -0.25) is 5.43 Å². The first-order chi connectivity index (χ1) is 14.3. The number of aryl methyl sites for hydroxylation is 1. The lowest BCUT2D eigenvalue weighted by Gasteiger charge is -2.13. The maximum absolute atomic E-state index is 12.4. The number of nitrogens with one attached hydrogen (secondary N) is 3. The number of hydrogen-bond donors (Lipinski definition) is 4. The number of methoxy groups -OCH3 is 1. The number of nitrogens with zero attached hydrogens (tertiary/aromatic N) is 2. The smallest absolute Gasteiger partial charge is 0.337 e. The van der Waals surface area contributed by atoms with Crippen LogP contribution in [0.3, 0.4) is 0 Å². The Morgan fingerprint density at radius 1 is 1.00 bits per heavy atom. The summed E-state index contributed by atoms with van der Waals surface area (Å²) in [5.74, 6) is -0.113. The fourth-order valence-electron chi connectivity index (χ4n) is 2.43. The van der Waals surface area contributed by atoms with E-state index in [1.54, 1.807) is 36.4 Å². The van der Waals surface area contributed by atoms with E-state index in [0.717, 1.165) is 5.56 Å². The summed E-state index contributed by atoms with van der Waals surface area (Å²) in [4.78, 5) is 21.9. The van der Waals surface area contributed by atoms with Crippen molar-refractivity contribution in [3.8, 4) is 0 Å². The minimum Gasteiger partial charge on any atom is -0.465 e. The molecule has 0 aliphatic carbocycles. The Hall–Kier alpha value is -3.70. The number of benzene rings is 2. The van der Waals surface area contributed by atoms with Gasteiger partial charge in [-0.1, -0.05) is 17.7 Å². The Morgan fingerprint density at radius 3 is 2.27 bits per heavy atom. The first kappa shape index (κ1) is 21.0. The third-order valence-corrected chi connectivity index (χ3v) is 5.35. The molecule has 0 unspecified atom stereocenters. The highest BCUT2D eigenvalue weighted by molar-refractivity contribution is 7.89. The molecule has 0 radical (unpaired) electrons. The molecule has 0 spiro atoms. The Bertz CT molecular complexity index is 1150. The van der Waals surface area contributed by atoms with Gasteiger partial charge in [0.15, 0.2) is 11.6 Å². The van der Waals surface area contributed by atoms with Crippen molar-refractivity contribution < 1.29 is 17.9 Å². The summed E-state index contributed by atoms with van der Waals surface area (Å²) in [6.45, 7) is 1.86. The normalized spacial score (nSPS) is 11.0. The van der Waals surface area contributed by atoms with E-state index < -0.39 is 16.0 Å². The van der Waals surface area contributed by atoms with Crippen molar-refractivity contribution in [3.63, 3.8) is 0 Å². The number of sulfonamides is 1. The van der Waals surface area contributed by atoms with E-state index >= 15 is 0 Å². The maximum Gasteiger partial charge on any atom is 0.337 e. The number of hydrogen-bond acceptors (Lipinski definition) is 9. The molecule has 0 fully saturated rings. The second-order valence-corrected chi connectivity index (χ2v) is 7.90. The number of hydrazine groups is 1. The SMILES string of the molecule is COC(=O)c1ccc(Nc2ncnc(NNS(=O)(=O)c3ccc(C)cc3)c2N)cc1. The molecule has 2 aromatic carbocycles. The van der Waals surface area contributed by atoms with Gasteiger partial charge >= 0.3 is 5.97 Å². The summed E-state index contributed by atoms with van der Waals surface area (Å²) >= 11 is 0. The Balaban J connectivity index is 1.73. The predicted octanol–water partition coefficient (Wildman–Crippen LogP) is 2.20. The molecular weight excluding hydrogens is 408 g/mol. The van der Waals surface area contributed by atoms with E-state index in [1.165, 1.54) is 25.6 Å². The number of rotatable bonds is 7. The zero-order valence-corrected chi connectivity index (χ0v) is 17.0. The van der Waals surface area contributed by atoms with Gasteiger partial charge < -0.3 is 15.8 Å². The van der Waals surface area contributed by atoms with E-state index in [0.29, 0.717) is 11.3 Å². The Morgan fingerprint density at radius 2 is 1.63 bits per heavy atom. The summed E-state index contributed by atoms with van der Waals surface area (Å²) in [6.07, 6.45) is 1.23. The van der Waals surface area contributed by atoms with E-state index in [4.69, 9.17) is 5.73 Å². The lowest BCUT2D eigenvalue weighted by molar-refractivity contribution is 0.0600. The summed E-state index contributed by atoms with van der Waals surface area (Å²) in [5.41, 5.74) is 10.6. The number of ether oxygens (including phenoxy) is 1. The first-order valence-corrected chi connectivity index (χ1v) is 10.2. The lowest BCUT2D eigenvalue weighted by atomic mass is 10.2. The van der Waals surface area contributed by atoms with E-state index in [2.05, 4.69) is 30.3 Å². The molecule has 3 aromatic rings. The minimum atomic E-state index is -3.82. The Kier molecular flexibility index (Phi) is 6.14. The van der Waals surface area contributed by atoms with E-state index in [-0.39, 0.29) is 22.2 Å². The molecule has 0 atom stereocenters. The zero-order chi connectivity index (χ0) is 21.7. The van der Waals surface area contributed by atoms with Gasteiger partial charge in [0.1, 0.15) is 12.0 Å². The molecule has 0 saturated carbocycles. The van der Waals surface area contributed by atoms with Gasteiger partial charge in [-0.15, -0.1) is 4.83 Å². The van der Waals surface area contributed by atoms with Gasteiger partial charge in [-0.2, -0.15) is 0 Å². The van der Waals surface area contributed by atoms with Crippen molar-refractivity contribution in [2.24, 2.45) is 0 Å². The van der Waals surface area contributed by atoms with Crippen LogP contribution in [0, 0.1) is 6.92 Å². The fourth-order valence-corrected chi connectivity index (χ4v) is 3.27.